The third kappa shape index (κ3) is 4.12. The second-order valence-electron chi connectivity index (χ2n) is 5.01. The molecule has 0 spiro atoms. The molecule has 24 heavy (non-hydrogen) atoms. The van der Waals surface area contributed by atoms with Crippen LogP contribution in [0.3, 0.4) is 0 Å². The molecule has 0 amide bonds. The Balaban J connectivity index is 1.64. The van der Waals surface area contributed by atoms with Crippen molar-refractivity contribution in [1.82, 2.24) is 5.43 Å². The predicted molar refractivity (Wildman–Crippen MR) is 100 cm³/mol. The number of rotatable bonds is 5. The molecular formula is C18H13Cl3N2O. The first kappa shape index (κ1) is 16.9. The quantitative estimate of drug-likeness (QED) is 0.434. The lowest BCUT2D eigenvalue weighted by Gasteiger charge is -2.02. The molecule has 0 saturated carbocycles. The fourth-order valence-corrected chi connectivity index (χ4v) is 2.84. The minimum Gasteiger partial charge on any atom is -0.455 e. The summed E-state index contributed by atoms with van der Waals surface area (Å²) >= 11 is 18.2. The van der Waals surface area contributed by atoms with Gasteiger partial charge >= 0.3 is 0 Å². The maximum Gasteiger partial charge on any atom is 0.147 e. The van der Waals surface area contributed by atoms with E-state index in [1.165, 1.54) is 0 Å². The highest BCUT2D eigenvalue weighted by atomic mass is 35.5. The van der Waals surface area contributed by atoms with Crippen LogP contribution in [0.25, 0.3) is 11.3 Å². The van der Waals surface area contributed by atoms with Crippen molar-refractivity contribution < 1.29 is 4.42 Å². The zero-order valence-electron chi connectivity index (χ0n) is 12.5. The normalized spacial score (nSPS) is 11.1. The number of hydrogen-bond donors (Lipinski definition) is 1. The van der Waals surface area contributed by atoms with Crippen LogP contribution in [0.5, 0.6) is 0 Å². The second kappa shape index (κ2) is 7.75. The van der Waals surface area contributed by atoms with Gasteiger partial charge in [-0.05, 0) is 42.0 Å². The number of halogens is 3. The Bertz CT molecular complexity index is 874. The van der Waals surface area contributed by atoms with Crippen LogP contribution in [0, 0.1) is 0 Å². The van der Waals surface area contributed by atoms with Gasteiger partial charge in [-0.25, -0.2) is 0 Å². The zero-order valence-corrected chi connectivity index (χ0v) is 14.7. The van der Waals surface area contributed by atoms with E-state index in [1.807, 2.05) is 42.5 Å². The van der Waals surface area contributed by atoms with Crippen LogP contribution >= 0.6 is 34.8 Å². The molecule has 0 saturated heterocycles. The van der Waals surface area contributed by atoms with Crippen molar-refractivity contribution in [1.29, 1.82) is 0 Å². The summed E-state index contributed by atoms with van der Waals surface area (Å²) in [4.78, 5) is 0. The van der Waals surface area contributed by atoms with Crippen molar-refractivity contribution in [2.75, 3.05) is 0 Å². The smallest absolute Gasteiger partial charge is 0.147 e. The minimum absolute atomic E-state index is 0.534. The molecule has 1 heterocycles. The summed E-state index contributed by atoms with van der Waals surface area (Å²) in [5.41, 5.74) is 4.70. The molecule has 3 nitrogen and oxygen atoms in total. The van der Waals surface area contributed by atoms with Gasteiger partial charge in [-0.3, -0.25) is 0 Å². The van der Waals surface area contributed by atoms with E-state index in [4.69, 9.17) is 39.2 Å². The number of hydrazone groups is 1. The Kier molecular flexibility index (Phi) is 5.46. The van der Waals surface area contributed by atoms with Gasteiger partial charge in [0.15, 0.2) is 0 Å². The van der Waals surface area contributed by atoms with Gasteiger partial charge in [0.25, 0.3) is 0 Å². The Hall–Kier alpha value is -1.94. The predicted octanol–water partition coefficient (Wildman–Crippen LogP) is 6.03. The van der Waals surface area contributed by atoms with Crippen LogP contribution < -0.4 is 5.43 Å². The van der Waals surface area contributed by atoms with Crippen molar-refractivity contribution in [2.45, 2.75) is 6.54 Å². The summed E-state index contributed by atoms with van der Waals surface area (Å²) in [6.07, 6.45) is 1.60. The summed E-state index contributed by atoms with van der Waals surface area (Å²) in [7, 11) is 0. The minimum atomic E-state index is 0.534. The molecule has 0 aliphatic carbocycles. The fraction of sp³-hybridized carbons (Fsp3) is 0.0556. The first-order valence-corrected chi connectivity index (χ1v) is 8.31. The van der Waals surface area contributed by atoms with E-state index in [0.717, 1.165) is 11.1 Å². The average molecular weight is 380 g/mol. The second-order valence-corrected chi connectivity index (χ2v) is 6.26. The van der Waals surface area contributed by atoms with Crippen molar-refractivity contribution >= 4 is 41.0 Å². The Morgan fingerprint density at radius 1 is 0.958 bits per heavy atom. The van der Waals surface area contributed by atoms with Gasteiger partial charge in [0.2, 0.25) is 0 Å². The molecule has 2 aromatic carbocycles. The number of nitrogens with zero attached hydrogens (tertiary/aromatic N) is 1. The van der Waals surface area contributed by atoms with Crippen molar-refractivity contribution in [2.24, 2.45) is 5.10 Å². The van der Waals surface area contributed by atoms with Crippen molar-refractivity contribution in [3.63, 3.8) is 0 Å². The standard InChI is InChI=1S/C18H13Cl3N2O/c19-13-5-7-15(17(21)9-13)18-8-6-14(24-18)11-23-22-10-12-3-1-2-4-16(12)20/h1-9,11,22H,10H2/b23-11-. The number of furan rings is 1. The van der Waals surface area contributed by atoms with Gasteiger partial charge in [0, 0.05) is 15.6 Å². The summed E-state index contributed by atoms with van der Waals surface area (Å²) in [5.74, 6) is 1.27. The molecule has 1 N–H and O–H groups in total. The molecule has 122 valence electrons. The maximum absolute atomic E-state index is 6.18. The van der Waals surface area contributed by atoms with Crippen LogP contribution in [0.15, 0.2) is 64.1 Å². The summed E-state index contributed by atoms with van der Waals surface area (Å²) in [6, 6.07) is 16.5. The lowest BCUT2D eigenvalue weighted by atomic mass is 10.2. The monoisotopic (exact) mass is 378 g/mol. The zero-order chi connectivity index (χ0) is 16.9. The van der Waals surface area contributed by atoms with E-state index in [-0.39, 0.29) is 0 Å². The van der Waals surface area contributed by atoms with E-state index in [1.54, 1.807) is 18.3 Å². The van der Waals surface area contributed by atoms with Gasteiger partial charge in [0.05, 0.1) is 17.8 Å². The molecular weight excluding hydrogens is 367 g/mol. The van der Waals surface area contributed by atoms with Crippen molar-refractivity contribution in [3.05, 3.63) is 81.0 Å². The Morgan fingerprint density at radius 3 is 2.58 bits per heavy atom. The van der Waals surface area contributed by atoms with Crippen LogP contribution in [0.1, 0.15) is 11.3 Å². The molecule has 0 radical (unpaired) electrons. The third-order valence-corrected chi connectivity index (χ3v) is 4.25. The molecule has 0 aliphatic rings. The summed E-state index contributed by atoms with van der Waals surface area (Å²) in [5, 5.41) is 5.97. The SMILES string of the molecule is Clc1ccc(-c2ccc(/C=N\NCc3ccccc3Cl)o2)c(Cl)c1. The topological polar surface area (TPSA) is 37.5 Å². The van der Waals surface area contributed by atoms with E-state index < -0.39 is 0 Å². The van der Waals surface area contributed by atoms with Crippen molar-refractivity contribution in [3.8, 4) is 11.3 Å². The largest absolute Gasteiger partial charge is 0.455 e. The average Bonchev–Trinajstić information content (AvgIpc) is 3.01. The molecule has 3 aromatic rings. The number of nitrogens with one attached hydrogen (secondary N) is 1. The molecule has 0 aliphatic heterocycles. The van der Waals surface area contributed by atoms with E-state index >= 15 is 0 Å². The first-order chi connectivity index (χ1) is 11.6. The molecule has 0 unspecified atom stereocenters. The highest BCUT2D eigenvalue weighted by molar-refractivity contribution is 6.36. The van der Waals surface area contributed by atoms with E-state index in [9.17, 15) is 0 Å². The van der Waals surface area contributed by atoms with Crippen LogP contribution in [0.4, 0.5) is 0 Å². The first-order valence-electron chi connectivity index (χ1n) is 7.18. The van der Waals surface area contributed by atoms with E-state index in [0.29, 0.717) is 33.1 Å². The Labute approximate surface area is 154 Å². The highest BCUT2D eigenvalue weighted by Gasteiger charge is 2.08. The number of benzene rings is 2. The number of hydrogen-bond acceptors (Lipinski definition) is 3. The maximum atomic E-state index is 6.18. The summed E-state index contributed by atoms with van der Waals surface area (Å²) in [6.45, 7) is 0.534. The van der Waals surface area contributed by atoms with Gasteiger partial charge < -0.3 is 9.84 Å². The molecule has 3 rings (SSSR count). The van der Waals surface area contributed by atoms with Gasteiger partial charge in [-0.15, -0.1) is 0 Å². The fourth-order valence-electron chi connectivity index (χ4n) is 2.14. The highest BCUT2D eigenvalue weighted by Crippen LogP contribution is 2.31. The molecule has 6 heteroatoms. The van der Waals surface area contributed by atoms with Gasteiger partial charge in [-0.2, -0.15) is 5.10 Å². The Morgan fingerprint density at radius 2 is 1.79 bits per heavy atom. The van der Waals surface area contributed by atoms with Crippen LogP contribution in [-0.2, 0) is 6.54 Å². The lowest BCUT2D eigenvalue weighted by molar-refractivity contribution is 0.573. The summed E-state index contributed by atoms with van der Waals surface area (Å²) < 4.78 is 5.72. The van der Waals surface area contributed by atoms with Gasteiger partial charge in [-0.1, -0.05) is 53.0 Å². The van der Waals surface area contributed by atoms with Gasteiger partial charge in [0.1, 0.15) is 11.5 Å². The lowest BCUT2D eigenvalue weighted by Crippen LogP contribution is -2.05. The van der Waals surface area contributed by atoms with Crippen LogP contribution in [-0.4, -0.2) is 6.21 Å². The van der Waals surface area contributed by atoms with E-state index in [2.05, 4.69) is 10.5 Å². The van der Waals surface area contributed by atoms with Crippen LogP contribution in [0.2, 0.25) is 15.1 Å². The third-order valence-electron chi connectivity index (χ3n) is 3.33. The molecule has 0 fully saturated rings. The molecule has 0 atom stereocenters. The molecule has 0 bridgehead atoms. The molecule has 1 aromatic heterocycles.